The Hall–Kier alpha value is -1.88. The van der Waals surface area contributed by atoms with Gasteiger partial charge in [-0.1, -0.05) is 25.3 Å². The Morgan fingerprint density at radius 2 is 2.04 bits per heavy atom. The molecule has 1 atom stereocenters. The maximum absolute atomic E-state index is 12.8. The van der Waals surface area contributed by atoms with E-state index in [1.54, 1.807) is 0 Å². The van der Waals surface area contributed by atoms with Crippen molar-refractivity contribution in [3.63, 3.8) is 0 Å². The molecule has 0 bridgehead atoms. The molecule has 2 aromatic rings. The van der Waals surface area contributed by atoms with Crippen molar-refractivity contribution in [3.8, 4) is 0 Å². The lowest BCUT2D eigenvalue weighted by Crippen LogP contribution is -2.52. The summed E-state index contributed by atoms with van der Waals surface area (Å²) in [5.41, 5.74) is 3.04. The minimum Gasteiger partial charge on any atom is -0.349 e. The van der Waals surface area contributed by atoms with Gasteiger partial charge in [0.05, 0.1) is 18.3 Å². The molecule has 1 saturated heterocycles. The van der Waals surface area contributed by atoms with Crippen LogP contribution in [0.5, 0.6) is 0 Å². The zero-order valence-electron chi connectivity index (χ0n) is 15.1. The second kappa shape index (κ2) is 7.16. The van der Waals surface area contributed by atoms with E-state index < -0.39 is 0 Å². The van der Waals surface area contributed by atoms with Crippen LogP contribution in [0.3, 0.4) is 0 Å². The highest BCUT2D eigenvalue weighted by molar-refractivity contribution is 5.81. The Labute approximate surface area is 149 Å². The molecule has 1 amide bonds. The number of likely N-dealkylation sites (tertiary alicyclic amines) is 1. The van der Waals surface area contributed by atoms with Gasteiger partial charge in [0, 0.05) is 18.4 Å². The van der Waals surface area contributed by atoms with E-state index in [0.717, 1.165) is 36.3 Å². The van der Waals surface area contributed by atoms with Gasteiger partial charge in [-0.15, -0.1) is 0 Å². The quantitative estimate of drug-likeness (QED) is 0.931. The second-order valence-electron chi connectivity index (χ2n) is 7.56. The van der Waals surface area contributed by atoms with Gasteiger partial charge >= 0.3 is 0 Å². The molecule has 1 saturated carbocycles. The number of fused-ring (bicyclic) bond motifs is 1. The summed E-state index contributed by atoms with van der Waals surface area (Å²) in [5.74, 6) is 0.181. The van der Waals surface area contributed by atoms with Crippen molar-refractivity contribution in [2.24, 2.45) is 0 Å². The summed E-state index contributed by atoms with van der Waals surface area (Å²) in [6.07, 6.45) is 12.5. The fourth-order valence-corrected chi connectivity index (χ4v) is 4.49. The lowest BCUT2D eigenvalue weighted by atomic mass is 9.98. The van der Waals surface area contributed by atoms with Crippen LogP contribution in [0.2, 0.25) is 0 Å². The number of hydrogen-bond donors (Lipinski definition) is 1. The lowest BCUT2D eigenvalue weighted by molar-refractivity contribution is -0.129. The number of aromatic nitrogens is 2. The predicted molar refractivity (Wildman–Crippen MR) is 98.4 cm³/mol. The predicted octanol–water partition coefficient (Wildman–Crippen LogP) is 3.06. The average molecular weight is 340 g/mol. The summed E-state index contributed by atoms with van der Waals surface area (Å²) in [7, 11) is 0. The topological polar surface area (TPSA) is 49.6 Å². The molecule has 25 heavy (non-hydrogen) atoms. The SMILES string of the molecule is Cc1cccn2cc(CNC(=O)[C@H]3CCCCN3C3CCCC3)nc12. The molecular weight excluding hydrogens is 312 g/mol. The van der Waals surface area contributed by atoms with Crippen molar-refractivity contribution in [1.29, 1.82) is 0 Å². The molecule has 0 radical (unpaired) electrons. The van der Waals surface area contributed by atoms with E-state index in [1.807, 2.05) is 22.9 Å². The Balaban J connectivity index is 1.42. The van der Waals surface area contributed by atoms with Crippen molar-refractivity contribution in [2.75, 3.05) is 6.54 Å². The minimum absolute atomic E-state index is 0.0515. The third-order valence-electron chi connectivity index (χ3n) is 5.81. The summed E-state index contributed by atoms with van der Waals surface area (Å²) >= 11 is 0. The maximum atomic E-state index is 12.8. The summed E-state index contributed by atoms with van der Waals surface area (Å²) in [4.78, 5) is 20.0. The van der Waals surface area contributed by atoms with E-state index in [0.29, 0.717) is 12.6 Å². The first-order valence-electron chi connectivity index (χ1n) is 9.69. The number of carbonyl (C=O) groups is 1. The molecule has 0 unspecified atom stereocenters. The number of aryl methyl sites for hydroxylation is 1. The minimum atomic E-state index is 0.0515. The molecule has 2 aliphatic rings. The third-order valence-corrected chi connectivity index (χ3v) is 5.81. The molecule has 1 N–H and O–H groups in total. The summed E-state index contributed by atoms with van der Waals surface area (Å²) < 4.78 is 2.03. The first-order chi connectivity index (χ1) is 12.2. The molecule has 1 aliphatic carbocycles. The van der Waals surface area contributed by atoms with Gasteiger partial charge in [-0.25, -0.2) is 4.98 Å². The first kappa shape index (κ1) is 16.6. The monoisotopic (exact) mass is 340 g/mol. The molecule has 134 valence electrons. The van der Waals surface area contributed by atoms with Crippen LogP contribution < -0.4 is 5.32 Å². The number of hydrogen-bond acceptors (Lipinski definition) is 3. The standard InChI is InChI=1S/C20H28N4O/c1-15-7-6-11-23-14-16(22-19(15)23)13-21-20(25)18-10-4-5-12-24(18)17-8-2-3-9-17/h6-7,11,14,17-18H,2-5,8-10,12-13H2,1H3,(H,21,25)/t18-/m1/s1. The van der Waals surface area contributed by atoms with Crippen LogP contribution in [0.1, 0.15) is 56.2 Å². The molecule has 1 aliphatic heterocycles. The zero-order chi connectivity index (χ0) is 17.2. The van der Waals surface area contributed by atoms with Crippen molar-refractivity contribution >= 4 is 11.6 Å². The molecule has 3 heterocycles. The first-order valence-corrected chi connectivity index (χ1v) is 9.69. The second-order valence-corrected chi connectivity index (χ2v) is 7.56. The largest absolute Gasteiger partial charge is 0.349 e. The van der Waals surface area contributed by atoms with Crippen molar-refractivity contribution < 1.29 is 4.79 Å². The van der Waals surface area contributed by atoms with Crippen LogP contribution >= 0.6 is 0 Å². The molecule has 0 spiro atoms. The Kier molecular flexibility index (Phi) is 4.75. The highest BCUT2D eigenvalue weighted by atomic mass is 16.2. The number of pyridine rings is 1. The van der Waals surface area contributed by atoms with Gasteiger partial charge in [0.25, 0.3) is 0 Å². The smallest absolute Gasteiger partial charge is 0.237 e. The molecule has 0 aromatic carbocycles. The molecule has 2 fully saturated rings. The Bertz CT molecular complexity index is 747. The van der Waals surface area contributed by atoms with E-state index in [2.05, 4.69) is 28.2 Å². The molecule has 5 nitrogen and oxygen atoms in total. The van der Waals surface area contributed by atoms with Crippen molar-refractivity contribution in [1.82, 2.24) is 19.6 Å². The fraction of sp³-hybridized carbons (Fsp3) is 0.600. The van der Waals surface area contributed by atoms with E-state index in [4.69, 9.17) is 0 Å². The zero-order valence-corrected chi connectivity index (χ0v) is 15.1. The lowest BCUT2D eigenvalue weighted by Gasteiger charge is -2.38. The van der Waals surface area contributed by atoms with Crippen LogP contribution in [-0.2, 0) is 11.3 Å². The van der Waals surface area contributed by atoms with Gasteiger partial charge in [-0.3, -0.25) is 9.69 Å². The van der Waals surface area contributed by atoms with E-state index in [9.17, 15) is 4.79 Å². The van der Waals surface area contributed by atoms with Gasteiger partial charge in [-0.2, -0.15) is 0 Å². The number of carbonyl (C=O) groups excluding carboxylic acids is 1. The average Bonchev–Trinajstić information content (AvgIpc) is 3.30. The van der Waals surface area contributed by atoms with Crippen LogP contribution in [0.25, 0.3) is 5.65 Å². The van der Waals surface area contributed by atoms with Crippen molar-refractivity contribution in [3.05, 3.63) is 35.8 Å². The molecular formula is C20H28N4O. The Morgan fingerprint density at radius 3 is 2.84 bits per heavy atom. The number of rotatable bonds is 4. The van der Waals surface area contributed by atoms with E-state index in [1.165, 1.54) is 32.1 Å². The molecule has 5 heteroatoms. The van der Waals surface area contributed by atoms with Crippen LogP contribution in [0.4, 0.5) is 0 Å². The maximum Gasteiger partial charge on any atom is 0.237 e. The fourth-order valence-electron chi connectivity index (χ4n) is 4.49. The molecule has 2 aromatic heterocycles. The summed E-state index contributed by atoms with van der Waals surface area (Å²) in [6.45, 7) is 3.65. The van der Waals surface area contributed by atoms with Crippen LogP contribution in [-0.4, -0.2) is 38.8 Å². The highest BCUT2D eigenvalue weighted by Crippen LogP contribution is 2.29. The van der Waals surface area contributed by atoms with Crippen molar-refractivity contribution in [2.45, 2.75) is 70.5 Å². The number of nitrogens with zero attached hydrogens (tertiary/aromatic N) is 3. The number of imidazole rings is 1. The van der Waals surface area contributed by atoms with Crippen LogP contribution in [0.15, 0.2) is 24.5 Å². The number of nitrogens with one attached hydrogen (secondary N) is 1. The van der Waals surface area contributed by atoms with Gasteiger partial charge in [0.15, 0.2) is 0 Å². The normalized spacial score (nSPS) is 22.5. The Morgan fingerprint density at radius 1 is 1.24 bits per heavy atom. The van der Waals surface area contributed by atoms with Gasteiger partial charge in [0.1, 0.15) is 5.65 Å². The summed E-state index contributed by atoms with van der Waals surface area (Å²) in [6, 6.07) is 4.75. The summed E-state index contributed by atoms with van der Waals surface area (Å²) in [5, 5.41) is 3.15. The highest BCUT2D eigenvalue weighted by Gasteiger charge is 2.34. The van der Waals surface area contributed by atoms with Crippen LogP contribution in [0, 0.1) is 6.92 Å². The third kappa shape index (κ3) is 3.43. The van der Waals surface area contributed by atoms with Gasteiger partial charge in [0.2, 0.25) is 5.91 Å². The van der Waals surface area contributed by atoms with Gasteiger partial charge in [-0.05, 0) is 50.8 Å². The van der Waals surface area contributed by atoms with Gasteiger partial charge < -0.3 is 9.72 Å². The van der Waals surface area contributed by atoms with E-state index >= 15 is 0 Å². The van der Waals surface area contributed by atoms with E-state index in [-0.39, 0.29) is 11.9 Å². The molecule has 4 rings (SSSR count). The number of piperidine rings is 1. The number of amides is 1.